The van der Waals surface area contributed by atoms with Gasteiger partial charge >= 0.3 is 0 Å². The van der Waals surface area contributed by atoms with Gasteiger partial charge in [0.2, 0.25) is 0 Å². The number of rotatable bonds is 7. The van der Waals surface area contributed by atoms with Crippen molar-refractivity contribution in [1.82, 2.24) is 10.3 Å². The summed E-state index contributed by atoms with van der Waals surface area (Å²) in [6, 6.07) is 11.8. The fourth-order valence-electron chi connectivity index (χ4n) is 2.38. The molecule has 0 spiro atoms. The van der Waals surface area contributed by atoms with Crippen LogP contribution in [0.25, 0.3) is 0 Å². The molecule has 1 atom stereocenters. The molecule has 4 heteroatoms. The smallest absolute Gasteiger partial charge is 0.128 e. The maximum absolute atomic E-state index is 4.79. The standard InChI is InChI=1S/C17H23N3S/c1-13(11-16-6-4-10-21-16)20(2)17-7-3-5-15(19-17)12-18-14-8-9-14/h3-7,10,13-14,18H,8-9,11-12H2,1-2H3. The van der Waals surface area contributed by atoms with Crippen LogP contribution in [0.2, 0.25) is 0 Å². The normalized spacial score (nSPS) is 15.9. The molecule has 0 amide bonds. The van der Waals surface area contributed by atoms with Gasteiger partial charge in [-0.2, -0.15) is 0 Å². The number of nitrogens with one attached hydrogen (secondary N) is 1. The zero-order valence-electron chi connectivity index (χ0n) is 12.7. The van der Waals surface area contributed by atoms with Crippen molar-refractivity contribution in [1.29, 1.82) is 0 Å². The van der Waals surface area contributed by atoms with Crippen molar-refractivity contribution in [3.05, 3.63) is 46.3 Å². The Morgan fingerprint density at radius 2 is 2.19 bits per heavy atom. The Labute approximate surface area is 131 Å². The van der Waals surface area contributed by atoms with Crippen LogP contribution in [0.4, 0.5) is 5.82 Å². The maximum Gasteiger partial charge on any atom is 0.128 e. The summed E-state index contributed by atoms with van der Waals surface area (Å²) >= 11 is 1.83. The van der Waals surface area contributed by atoms with Crippen LogP contribution in [0.15, 0.2) is 35.7 Å². The Balaban J connectivity index is 1.62. The molecule has 1 N–H and O–H groups in total. The Hall–Kier alpha value is -1.39. The summed E-state index contributed by atoms with van der Waals surface area (Å²) in [6.07, 6.45) is 3.70. The second-order valence-electron chi connectivity index (χ2n) is 5.89. The molecule has 3 rings (SSSR count). The zero-order valence-corrected chi connectivity index (χ0v) is 13.6. The lowest BCUT2D eigenvalue weighted by Crippen LogP contribution is -2.31. The summed E-state index contributed by atoms with van der Waals surface area (Å²) in [5.41, 5.74) is 1.13. The van der Waals surface area contributed by atoms with Crippen molar-refractivity contribution >= 4 is 17.2 Å². The predicted octanol–water partition coefficient (Wildman–Crippen LogP) is 3.46. The SMILES string of the molecule is CC(Cc1cccs1)N(C)c1cccc(CNC2CC2)n1. The fraction of sp³-hybridized carbons (Fsp3) is 0.471. The van der Waals surface area contributed by atoms with E-state index in [2.05, 4.69) is 59.9 Å². The first-order valence-corrected chi connectivity index (χ1v) is 8.55. The molecule has 2 aromatic heterocycles. The molecule has 1 aliphatic carbocycles. The number of hydrogen-bond donors (Lipinski definition) is 1. The third kappa shape index (κ3) is 4.05. The number of pyridine rings is 1. The minimum atomic E-state index is 0.447. The molecule has 1 saturated carbocycles. The van der Waals surface area contributed by atoms with Crippen LogP contribution in [0.3, 0.4) is 0 Å². The van der Waals surface area contributed by atoms with E-state index in [-0.39, 0.29) is 0 Å². The van der Waals surface area contributed by atoms with Gasteiger partial charge in [-0.25, -0.2) is 4.98 Å². The van der Waals surface area contributed by atoms with Crippen molar-refractivity contribution in [2.45, 2.75) is 44.8 Å². The Morgan fingerprint density at radius 3 is 2.90 bits per heavy atom. The lowest BCUT2D eigenvalue weighted by Gasteiger charge is -2.26. The monoisotopic (exact) mass is 301 g/mol. The van der Waals surface area contributed by atoms with E-state index in [0.717, 1.165) is 30.5 Å². The molecule has 1 fully saturated rings. The fourth-order valence-corrected chi connectivity index (χ4v) is 3.21. The average molecular weight is 301 g/mol. The summed E-state index contributed by atoms with van der Waals surface area (Å²) < 4.78 is 0. The molecule has 2 heterocycles. The summed E-state index contributed by atoms with van der Waals surface area (Å²) in [7, 11) is 2.14. The highest BCUT2D eigenvalue weighted by Gasteiger charge is 2.20. The van der Waals surface area contributed by atoms with E-state index < -0.39 is 0 Å². The topological polar surface area (TPSA) is 28.2 Å². The minimum absolute atomic E-state index is 0.447. The summed E-state index contributed by atoms with van der Waals surface area (Å²) in [4.78, 5) is 8.50. The van der Waals surface area contributed by atoms with Gasteiger partial charge in [-0.3, -0.25) is 0 Å². The number of aromatic nitrogens is 1. The van der Waals surface area contributed by atoms with Gasteiger partial charge in [0.1, 0.15) is 5.82 Å². The molecule has 0 radical (unpaired) electrons. The van der Waals surface area contributed by atoms with Crippen molar-refractivity contribution in [2.75, 3.05) is 11.9 Å². The molecule has 1 aliphatic rings. The Morgan fingerprint density at radius 1 is 1.33 bits per heavy atom. The van der Waals surface area contributed by atoms with Gasteiger partial charge in [0.25, 0.3) is 0 Å². The van der Waals surface area contributed by atoms with E-state index in [9.17, 15) is 0 Å². The van der Waals surface area contributed by atoms with Crippen LogP contribution in [-0.4, -0.2) is 24.1 Å². The molecular weight excluding hydrogens is 278 g/mol. The van der Waals surface area contributed by atoms with E-state index in [1.807, 2.05) is 11.3 Å². The number of thiophene rings is 1. The summed E-state index contributed by atoms with van der Waals surface area (Å²) in [6.45, 7) is 3.14. The molecular formula is C17H23N3S. The van der Waals surface area contributed by atoms with E-state index in [1.54, 1.807) is 0 Å². The number of nitrogens with zero attached hydrogens (tertiary/aromatic N) is 2. The van der Waals surface area contributed by atoms with E-state index in [0.29, 0.717) is 6.04 Å². The number of likely N-dealkylation sites (N-methyl/N-ethyl adjacent to an activating group) is 1. The van der Waals surface area contributed by atoms with Crippen molar-refractivity contribution in [3.8, 4) is 0 Å². The third-order valence-corrected chi connectivity index (χ3v) is 4.94. The second kappa shape index (κ2) is 6.58. The van der Waals surface area contributed by atoms with E-state index in [4.69, 9.17) is 4.98 Å². The van der Waals surface area contributed by atoms with Gasteiger partial charge in [0.05, 0.1) is 5.69 Å². The minimum Gasteiger partial charge on any atom is -0.357 e. The van der Waals surface area contributed by atoms with Gasteiger partial charge < -0.3 is 10.2 Å². The molecule has 3 nitrogen and oxygen atoms in total. The van der Waals surface area contributed by atoms with Gasteiger partial charge in [0, 0.05) is 37.0 Å². The highest BCUT2D eigenvalue weighted by molar-refractivity contribution is 7.09. The van der Waals surface area contributed by atoms with Gasteiger partial charge in [-0.15, -0.1) is 11.3 Å². The van der Waals surface area contributed by atoms with Crippen LogP contribution in [0.1, 0.15) is 30.3 Å². The largest absolute Gasteiger partial charge is 0.357 e. The van der Waals surface area contributed by atoms with E-state index >= 15 is 0 Å². The second-order valence-corrected chi connectivity index (χ2v) is 6.92. The summed E-state index contributed by atoms with van der Waals surface area (Å²) in [5, 5.41) is 5.67. The lowest BCUT2D eigenvalue weighted by molar-refractivity contribution is 0.659. The first kappa shape index (κ1) is 14.5. The maximum atomic E-state index is 4.79. The molecule has 1 unspecified atom stereocenters. The van der Waals surface area contributed by atoms with Gasteiger partial charge in [-0.1, -0.05) is 12.1 Å². The highest BCUT2D eigenvalue weighted by atomic mass is 32.1. The molecule has 0 bridgehead atoms. The first-order chi connectivity index (χ1) is 10.2. The van der Waals surface area contributed by atoms with Crippen LogP contribution < -0.4 is 10.2 Å². The first-order valence-electron chi connectivity index (χ1n) is 7.67. The van der Waals surface area contributed by atoms with Gasteiger partial charge in [-0.05, 0) is 43.3 Å². The van der Waals surface area contributed by atoms with E-state index in [1.165, 1.54) is 17.7 Å². The lowest BCUT2D eigenvalue weighted by atomic mass is 10.2. The van der Waals surface area contributed by atoms with Crippen LogP contribution in [-0.2, 0) is 13.0 Å². The molecule has 112 valence electrons. The van der Waals surface area contributed by atoms with Crippen LogP contribution in [0, 0.1) is 0 Å². The molecule has 0 saturated heterocycles. The third-order valence-electron chi connectivity index (χ3n) is 4.04. The summed E-state index contributed by atoms with van der Waals surface area (Å²) in [5.74, 6) is 1.06. The highest BCUT2D eigenvalue weighted by Crippen LogP contribution is 2.20. The zero-order chi connectivity index (χ0) is 14.7. The van der Waals surface area contributed by atoms with Crippen LogP contribution >= 0.6 is 11.3 Å². The van der Waals surface area contributed by atoms with Gasteiger partial charge in [0.15, 0.2) is 0 Å². The van der Waals surface area contributed by atoms with Crippen molar-refractivity contribution in [3.63, 3.8) is 0 Å². The van der Waals surface area contributed by atoms with Crippen molar-refractivity contribution < 1.29 is 0 Å². The predicted molar refractivity (Wildman–Crippen MR) is 90.0 cm³/mol. The van der Waals surface area contributed by atoms with Crippen LogP contribution in [0.5, 0.6) is 0 Å². The molecule has 0 aromatic carbocycles. The average Bonchev–Trinajstić information content (AvgIpc) is 3.20. The Kier molecular flexibility index (Phi) is 4.56. The Bertz CT molecular complexity index is 563. The molecule has 2 aromatic rings. The quantitative estimate of drug-likeness (QED) is 0.849. The molecule has 0 aliphatic heterocycles. The molecule has 21 heavy (non-hydrogen) atoms. The number of anilines is 1. The number of hydrogen-bond acceptors (Lipinski definition) is 4. The van der Waals surface area contributed by atoms with Crippen molar-refractivity contribution in [2.24, 2.45) is 0 Å².